The highest BCUT2D eigenvalue weighted by atomic mass is 35.5. The van der Waals surface area contributed by atoms with Crippen LogP contribution in [-0.4, -0.2) is 81.3 Å². The summed E-state index contributed by atoms with van der Waals surface area (Å²) in [6.07, 6.45) is 9.02. The number of ether oxygens (including phenoxy) is 2. The van der Waals surface area contributed by atoms with Crippen molar-refractivity contribution in [3.8, 4) is 5.75 Å². The number of hydrogen-bond donors (Lipinski definition) is 2. The van der Waals surface area contributed by atoms with Gasteiger partial charge in [-0.25, -0.2) is 0 Å². The van der Waals surface area contributed by atoms with Crippen LogP contribution in [0, 0.1) is 0 Å². The van der Waals surface area contributed by atoms with Gasteiger partial charge < -0.3 is 30.3 Å². The third-order valence-corrected chi connectivity index (χ3v) is 9.86. The van der Waals surface area contributed by atoms with Crippen LogP contribution in [0.2, 0.25) is 5.02 Å². The molecule has 0 bridgehead atoms. The van der Waals surface area contributed by atoms with E-state index in [1.165, 1.54) is 56.4 Å². The summed E-state index contributed by atoms with van der Waals surface area (Å²) in [5.41, 5.74) is 10.8. The maximum Gasteiger partial charge on any atom is 0.255 e. The Morgan fingerprint density at radius 3 is 2.22 bits per heavy atom. The lowest BCUT2D eigenvalue weighted by atomic mass is 9.88. The van der Waals surface area contributed by atoms with Crippen molar-refractivity contribution in [3.63, 3.8) is 0 Å². The summed E-state index contributed by atoms with van der Waals surface area (Å²) in [5, 5.41) is 3.55. The molecule has 248 valence electrons. The van der Waals surface area contributed by atoms with Crippen LogP contribution < -0.4 is 15.8 Å². The van der Waals surface area contributed by atoms with E-state index in [9.17, 15) is 4.79 Å². The molecule has 2 saturated heterocycles. The summed E-state index contributed by atoms with van der Waals surface area (Å²) in [7, 11) is 1.73. The quantitative estimate of drug-likeness (QED) is 0.177. The number of halogens is 1. The fourth-order valence-electron chi connectivity index (χ4n) is 6.92. The van der Waals surface area contributed by atoms with Crippen molar-refractivity contribution < 1.29 is 14.3 Å². The molecule has 0 aromatic heterocycles. The molecule has 6 rings (SSSR count). The molecule has 7 nitrogen and oxygen atoms in total. The zero-order valence-corrected chi connectivity index (χ0v) is 28.1. The Kier molecular flexibility index (Phi) is 13.2. The Morgan fingerprint density at radius 1 is 0.957 bits per heavy atom. The van der Waals surface area contributed by atoms with E-state index in [0.29, 0.717) is 41.0 Å². The monoisotopic (exact) mass is 646 g/mol. The summed E-state index contributed by atoms with van der Waals surface area (Å²) >= 11 is 6.19. The number of fused-ring (bicyclic) bond motifs is 1. The van der Waals surface area contributed by atoms with E-state index in [1.54, 1.807) is 13.2 Å². The van der Waals surface area contributed by atoms with Crippen molar-refractivity contribution >= 4 is 23.2 Å². The number of nitrogens with zero attached hydrogens (tertiary/aromatic N) is 2. The molecule has 3 aliphatic rings. The Balaban J connectivity index is 0.000000184. The highest BCUT2D eigenvalue weighted by Gasteiger charge is 2.27. The highest BCUT2D eigenvalue weighted by Crippen LogP contribution is 2.38. The molecule has 3 N–H and O–H groups in total. The van der Waals surface area contributed by atoms with Crippen molar-refractivity contribution in [2.45, 2.75) is 63.3 Å². The second kappa shape index (κ2) is 17.7. The average Bonchev–Trinajstić information content (AvgIpc) is 3.60. The second-order valence-electron chi connectivity index (χ2n) is 12.7. The fourth-order valence-corrected chi connectivity index (χ4v) is 7.15. The highest BCUT2D eigenvalue weighted by molar-refractivity contribution is 6.33. The Morgan fingerprint density at radius 2 is 1.59 bits per heavy atom. The summed E-state index contributed by atoms with van der Waals surface area (Å²) in [4.78, 5) is 17.8. The van der Waals surface area contributed by atoms with Gasteiger partial charge in [0.2, 0.25) is 0 Å². The first kappa shape index (κ1) is 34.2. The maximum atomic E-state index is 12.7. The first-order valence-electron chi connectivity index (χ1n) is 17.1. The van der Waals surface area contributed by atoms with Crippen molar-refractivity contribution in [2.75, 3.05) is 65.3 Å². The van der Waals surface area contributed by atoms with E-state index in [-0.39, 0.29) is 11.9 Å². The molecule has 3 aliphatic heterocycles. The predicted molar refractivity (Wildman–Crippen MR) is 188 cm³/mol. The maximum absolute atomic E-state index is 12.7. The number of likely N-dealkylation sites (tertiary alicyclic amines) is 2. The normalized spacial score (nSPS) is 17.2. The van der Waals surface area contributed by atoms with Crippen LogP contribution in [0.15, 0.2) is 66.7 Å². The van der Waals surface area contributed by atoms with Gasteiger partial charge in [-0.1, -0.05) is 78.7 Å². The lowest BCUT2D eigenvalue weighted by molar-refractivity contribution is 0.0904. The van der Waals surface area contributed by atoms with Crippen LogP contribution in [-0.2, 0) is 11.2 Å². The minimum absolute atomic E-state index is 0.127. The van der Waals surface area contributed by atoms with Gasteiger partial charge in [-0.05, 0) is 75.4 Å². The molecule has 1 amide bonds. The molecule has 2 fully saturated rings. The van der Waals surface area contributed by atoms with Crippen LogP contribution in [0.3, 0.4) is 0 Å². The smallest absolute Gasteiger partial charge is 0.255 e. The Bertz CT molecular complexity index is 1320. The Labute approximate surface area is 280 Å². The largest absolute Gasteiger partial charge is 0.492 e. The number of amides is 1. The first-order valence-corrected chi connectivity index (χ1v) is 17.5. The SMILES string of the molecule is COCCCN1CCC(NC(=O)c2cc(Cl)c(N)c3c2OCC3)CC1.c1ccc(C(CCN2CCCCC2)c2ccccc2)cc1. The summed E-state index contributed by atoms with van der Waals surface area (Å²) in [6.45, 7) is 8.15. The Hall–Kier alpha value is -3.10. The van der Waals surface area contributed by atoms with Gasteiger partial charge in [-0.2, -0.15) is 0 Å². The van der Waals surface area contributed by atoms with E-state index in [1.807, 2.05) is 0 Å². The third kappa shape index (κ3) is 9.47. The second-order valence-corrected chi connectivity index (χ2v) is 13.1. The number of nitrogens with one attached hydrogen (secondary N) is 1. The van der Waals surface area contributed by atoms with E-state index in [4.69, 9.17) is 26.8 Å². The number of rotatable bonds is 11. The zero-order chi connectivity index (χ0) is 32.1. The van der Waals surface area contributed by atoms with Gasteiger partial charge in [0.25, 0.3) is 5.91 Å². The molecule has 0 aliphatic carbocycles. The third-order valence-electron chi connectivity index (χ3n) is 9.55. The zero-order valence-electron chi connectivity index (χ0n) is 27.4. The molecule has 0 radical (unpaired) electrons. The van der Waals surface area contributed by atoms with Gasteiger partial charge in [-0.3, -0.25) is 4.79 Å². The van der Waals surface area contributed by atoms with E-state index >= 15 is 0 Å². The van der Waals surface area contributed by atoms with Gasteiger partial charge in [-0.15, -0.1) is 0 Å². The summed E-state index contributed by atoms with van der Waals surface area (Å²) < 4.78 is 10.7. The molecule has 0 spiro atoms. The predicted octanol–water partition coefficient (Wildman–Crippen LogP) is 6.78. The van der Waals surface area contributed by atoms with Gasteiger partial charge in [0.1, 0.15) is 5.75 Å². The number of anilines is 1. The number of benzene rings is 3. The van der Waals surface area contributed by atoms with Gasteiger partial charge >= 0.3 is 0 Å². The summed E-state index contributed by atoms with van der Waals surface area (Å²) in [5.74, 6) is 0.989. The van der Waals surface area contributed by atoms with Crippen LogP contribution in [0.5, 0.6) is 5.75 Å². The van der Waals surface area contributed by atoms with Crippen LogP contribution >= 0.6 is 11.6 Å². The fraction of sp³-hybridized carbons (Fsp3) is 0.500. The molecule has 0 atom stereocenters. The van der Waals surface area contributed by atoms with E-state index < -0.39 is 0 Å². The van der Waals surface area contributed by atoms with Gasteiger partial charge in [0.05, 0.1) is 22.9 Å². The molecule has 46 heavy (non-hydrogen) atoms. The number of nitrogen functional groups attached to an aromatic ring is 1. The van der Waals surface area contributed by atoms with Crippen molar-refractivity contribution in [1.29, 1.82) is 0 Å². The minimum Gasteiger partial charge on any atom is -0.492 e. The number of nitrogens with two attached hydrogens (primary N) is 1. The minimum atomic E-state index is -0.127. The topological polar surface area (TPSA) is 80.1 Å². The molecule has 3 heterocycles. The molecular formula is C38H51ClN4O3. The number of methoxy groups -OCH3 is 1. The number of carbonyl (C=O) groups is 1. The van der Waals surface area contributed by atoms with Crippen molar-refractivity contribution in [2.24, 2.45) is 0 Å². The van der Waals surface area contributed by atoms with Crippen molar-refractivity contribution in [1.82, 2.24) is 15.1 Å². The molecule has 3 aromatic rings. The lowest BCUT2D eigenvalue weighted by Gasteiger charge is -2.32. The lowest BCUT2D eigenvalue weighted by Crippen LogP contribution is -2.45. The molecule has 3 aromatic carbocycles. The average molecular weight is 647 g/mol. The number of piperidine rings is 2. The van der Waals surface area contributed by atoms with Crippen molar-refractivity contribution in [3.05, 3.63) is 94.0 Å². The molecule has 0 unspecified atom stereocenters. The molecular weight excluding hydrogens is 596 g/mol. The van der Waals surface area contributed by atoms with Crippen LogP contribution in [0.4, 0.5) is 5.69 Å². The van der Waals surface area contributed by atoms with Crippen LogP contribution in [0.25, 0.3) is 0 Å². The van der Waals surface area contributed by atoms with Crippen LogP contribution in [0.1, 0.15) is 77.9 Å². The molecule has 8 heteroatoms. The summed E-state index contributed by atoms with van der Waals surface area (Å²) in [6, 6.07) is 23.7. The van der Waals surface area contributed by atoms with E-state index in [0.717, 1.165) is 51.1 Å². The van der Waals surface area contributed by atoms with E-state index in [2.05, 4.69) is 75.8 Å². The number of hydrogen-bond acceptors (Lipinski definition) is 6. The van der Waals surface area contributed by atoms with Gasteiger partial charge in [0, 0.05) is 57.3 Å². The molecule has 0 saturated carbocycles. The standard InChI is InChI=1S/C20H25N.C18H26ClN3O3/c1-4-10-18(11-5-1)20(19-12-6-2-7-13-19)14-17-21-15-8-3-9-16-21;1-24-9-2-6-22-7-3-12(4-8-22)21-18(23)14-11-15(19)16(20)13-5-10-25-17(13)14/h1-2,4-7,10-13,20H,3,8-9,14-17H2;11-12H,2-10,20H2,1H3,(H,21,23). The number of carbonyl (C=O) groups excluding carboxylic acids is 1. The first-order chi connectivity index (χ1) is 22.5. The van der Waals surface area contributed by atoms with Gasteiger partial charge in [0.15, 0.2) is 0 Å².